The van der Waals surface area contributed by atoms with E-state index in [0.29, 0.717) is 24.9 Å². The Balaban J connectivity index is 1.80. The van der Waals surface area contributed by atoms with Crippen molar-refractivity contribution in [3.63, 3.8) is 0 Å². The van der Waals surface area contributed by atoms with Crippen molar-refractivity contribution in [2.45, 2.75) is 31.4 Å². The third-order valence-corrected chi connectivity index (χ3v) is 5.26. The van der Waals surface area contributed by atoms with E-state index in [1.165, 1.54) is 12.1 Å². The molecule has 1 unspecified atom stereocenters. The number of nitrogens with two attached hydrogens (primary N) is 1. The molecule has 0 spiro atoms. The largest absolute Gasteiger partial charge is 0.437 e. The van der Waals surface area contributed by atoms with Crippen molar-refractivity contribution in [1.29, 1.82) is 0 Å². The number of rotatable bonds is 6. The van der Waals surface area contributed by atoms with E-state index in [-0.39, 0.29) is 11.9 Å². The van der Waals surface area contributed by atoms with Gasteiger partial charge in [0.1, 0.15) is 11.4 Å². The molecule has 2 amide bonds. The second-order valence-corrected chi connectivity index (χ2v) is 6.97. The Bertz CT molecular complexity index is 880. The van der Waals surface area contributed by atoms with Crippen LogP contribution in [-0.2, 0) is 10.3 Å². The zero-order valence-corrected chi connectivity index (χ0v) is 15.7. The van der Waals surface area contributed by atoms with Crippen LogP contribution in [0.2, 0.25) is 0 Å². The lowest BCUT2D eigenvalue weighted by molar-refractivity contribution is -0.0588. The number of primary amides is 1. The molecule has 1 heterocycles. The molecule has 1 saturated heterocycles. The molecule has 0 aliphatic carbocycles. The minimum Gasteiger partial charge on any atom is -0.437 e. The van der Waals surface area contributed by atoms with E-state index < -0.39 is 17.6 Å². The van der Waals surface area contributed by atoms with Crippen molar-refractivity contribution in [2.24, 2.45) is 5.73 Å². The molecule has 146 valence electrons. The Kier molecular flexibility index (Phi) is 5.49. The predicted molar refractivity (Wildman–Crippen MR) is 104 cm³/mol. The highest BCUT2D eigenvalue weighted by molar-refractivity contribution is 5.92. The van der Waals surface area contributed by atoms with Gasteiger partial charge in [0.2, 0.25) is 5.91 Å². The van der Waals surface area contributed by atoms with E-state index in [9.17, 15) is 14.0 Å². The summed E-state index contributed by atoms with van der Waals surface area (Å²) in [5.74, 6) is -0.834. The zero-order chi connectivity index (χ0) is 20.3. The third-order valence-electron chi connectivity index (χ3n) is 5.26. The lowest BCUT2D eigenvalue weighted by atomic mass is 9.85. The van der Waals surface area contributed by atoms with Crippen molar-refractivity contribution >= 4 is 12.0 Å². The Morgan fingerprint density at radius 2 is 1.93 bits per heavy atom. The van der Waals surface area contributed by atoms with Crippen LogP contribution in [0, 0.1) is 5.82 Å². The maximum absolute atomic E-state index is 13.3. The monoisotopic (exact) mass is 382 g/mol. The molecule has 1 aliphatic rings. The standard InChI is InChI=1S/C22H23FN2O3/c1-3-12-22(18-8-10-19(23)11-9-18)13-14-25(21(27)28-22)15(2)16-4-6-17(7-5-16)20(24)26/h3-11,15H,1,12-14H2,2H3,(H2,24,26)/t15-,22?/m0/s1. The molecule has 2 atom stereocenters. The first-order valence-corrected chi connectivity index (χ1v) is 9.12. The number of hydrogen-bond acceptors (Lipinski definition) is 3. The summed E-state index contributed by atoms with van der Waals surface area (Å²) < 4.78 is 19.2. The maximum Gasteiger partial charge on any atom is 0.411 e. The van der Waals surface area contributed by atoms with Crippen molar-refractivity contribution in [3.8, 4) is 0 Å². The van der Waals surface area contributed by atoms with Gasteiger partial charge in [-0.25, -0.2) is 9.18 Å². The predicted octanol–water partition coefficient (Wildman–Crippen LogP) is 4.30. The van der Waals surface area contributed by atoms with E-state index in [4.69, 9.17) is 10.5 Å². The number of halogens is 1. The zero-order valence-electron chi connectivity index (χ0n) is 15.7. The average Bonchev–Trinajstić information content (AvgIpc) is 2.68. The Hall–Kier alpha value is -3.15. The van der Waals surface area contributed by atoms with Crippen molar-refractivity contribution in [1.82, 2.24) is 4.90 Å². The molecule has 0 radical (unpaired) electrons. The van der Waals surface area contributed by atoms with Crippen LogP contribution in [0.5, 0.6) is 0 Å². The molecule has 2 aromatic carbocycles. The van der Waals surface area contributed by atoms with Crippen LogP contribution in [0.15, 0.2) is 61.2 Å². The number of benzene rings is 2. The average molecular weight is 382 g/mol. The smallest absolute Gasteiger partial charge is 0.411 e. The van der Waals surface area contributed by atoms with Gasteiger partial charge in [-0.1, -0.05) is 30.3 Å². The molecule has 28 heavy (non-hydrogen) atoms. The first-order valence-electron chi connectivity index (χ1n) is 9.12. The minimum absolute atomic E-state index is 0.232. The molecule has 6 heteroatoms. The summed E-state index contributed by atoms with van der Waals surface area (Å²) in [5, 5.41) is 0. The summed E-state index contributed by atoms with van der Waals surface area (Å²) in [4.78, 5) is 25.7. The minimum atomic E-state index is -0.849. The summed E-state index contributed by atoms with van der Waals surface area (Å²) in [5.41, 5.74) is 6.46. The molecule has 1 fully saturated rings. The van der Waals surface area contributed by atoms with Crippen LogP contribution < -0.4 is 5.73 Å². The first kappa shape index (κ1) is 19.6. The van der Waals surface area contributed by atoms with Crippen LogP contribution in [0.4, 0.5) is 9.18 Å². The van der Waals surface area contributed by atoms with Gasteiger partial charge in [0.15, 0.2) is 0 Å². The third kappa shape index (κ3) is 3.76. The summed E-state index contributed by atoms with van der Waals surface area (Å²) in [7, 11) is 0. The summed E-state index contributed by atoms with van der Waals surface area (Å²) in [6.07, 6.45) is 2.27. The van der Waals surface area contributed by atoms with Crippen molar-refractivity contribution < 1.29 is 18.7 Å². The van der Waals surface area contributed by atoms with Gasteiger partial charge in [0.05, 0.1) is 6.04 Å². The molecular formula is C22H23FN2O3. The topological polar surface area (TPSA) is 72.6 Å². The Labute approximate surface area is 163 Å². The molecule has 2 aromatic rings. The van der Waals surface area contributed by atoms with Crippen LogP contribution in [0.3, 0.4) is 0 Å². The number of hydrogen-bond donors (Lipinski definition) is 1. The van der Waals surface area contributed by atoms with Gasteiger partial charge < -0.3 is 15.4 Å². The Morgan fingerprint density at radius 3 is 2.46 bits per heavy atom. The number of cyclic esters (lactones) is 1. The second kappa shape index (κ2) is 7.84. The van der Waals surface area contributed by atoms with E-state index in [0.717, 1.165) is 11.1 Å². The summed E-state index contributed by atoms with van der Waals surface area (Å²) in [6.45, 7) is 6.15. The van der Waals surface area contributed by atoms with E-state index in [1.807, 2.05) is 6.92 Å². The molecule has 0 bridgehead atoms. The molecular weight excluding hydrogens is 359 g/mol. The number of carbonyl (C=O) groups is 2. The van der Waals surface area contributed by atoms with Crippen molar-refractivity contribution in [2.75, 3.05) is 6.54 Å². The van der Waals surface area contributed by atoms with Crippen LogP contribution >= 0.6 is 0 Å². The lowest BCUT2D eigenvalue weighted by Crippen LogP contribution is -2.48. The lowest BCUT2D eigenvalue weighted by Gasteiger charge is -2.43. The number of nitrogens with zero attached hydrogens (tertiary/aromatic N) is 1. The van der Waals surface area contributed by atoms with Crippen LogP contribution in [-0.4, -0.2) is 23.4 Å². The van der Waals surface area contributed by atoms with Gasteiger partial charge in [0.25, 0.3) is 0 Å². The van der Waals surface area contributed by atoms with Gasteiger partial charge in [-0.2, -0.15) is 0 Å². The van der Waals surface area contributed by atoms with Crippen LogP contribution in [0.25, 0.3) is 0 Å². The quantitative estimate of drug-likeness (QED) is 0.757. The highest BCUT2D eigenvalue weighted by Gasteiger charge is 2.42. The highest BCUT2D eigenvalue weighted by atomic mass is 19.1. The molecule has 5 nitrogen and oxygen atoms in total. The molecule has 2 N–H and O–H groups in total. The van der Waals surface area contributed by atoms with Crippen molar-refractivity contribution in [3.05, 3.63) is 83.7 Å². The number of ether oxygens (including phenoxy) is 1. The number of carbonyl (C=O) groups excluding carboxylic acids is 2. The first-order chi connectivity index (χ1) is 13.4. The highest BCUT2D eigenvalue weighted by Crippen LogP contribution is 2.39. The molecule has 0 aromatic heterocycles. The van der Waals surface area contributed by atoms with E-state index in [2.05, 4.69) is 6.58 Å². The van der Waals surface area contributed by atoms with Gasteiger partial charge >= 0.3 is 6.09 Å². The van der Waals surface area contributed by atoms with Gasteiger partial charge in [0, 0.05) is 24.9 Å². The number of amides is 2. The van der Waals surface area contributed by atoms with Gasteiger partial charge in [-0.3, -0.25) is 4.79 Å². The summed E-state index contributed by atoms with van der Waals surface area (Å²) >= 11 is 0. The molecule has 1 aliphatic heterocycles. The van der Waals surface area contributed by atoms with E-state index in [1.54, 1.807) is 47.4 Å². The normalized spacial score (nSPS) is 20.4. The fraction of sp³-hybridized carbons (Fsp3) is 0.273. The second-order valence-electron chi connectivity index (χ2n) is 6.97. The molecule has 3 rings (SSSR count). The fourth-order valence-electron chi connectivity index (χ4n) is 3.58. The summed E-state index contributed by atoms with van der Waals surface area (Å²) in [6, 6.07) is 12.6. The van der Waals surface area contributed by atoms with Gasteiger partial charge in [-0.05, 0) is 42.3 Å². The Morgan fingerprint density at radius 1 is 1.29 bits per heavy atom. The molecule has 0 saturated carbocycles. The maximum atomic E-state index is 13.3. The fourth-order valence-corrected chi connectivity index (χ4v) is 3.58. The van der Waals surface area contributed by atoms with Gasteiger partial charge in [-0.15, -0.1) is 6.58 Å². The van der Waals surface area contributed by atoms with Crippen LogP contribution in [0.1, 0.15) is 47.3 Å². The van der Waals surface area contributed by atoms with E-state index >= 15 is 0 Å². The SMILES string of the molecule is C=CCC1(c2ccc(F)cc2)CCN([C@@H](C)c2ccc(C(N)=O)cc2)C(=O)O1.